The predicted octanol–water partition coefficient (Wildman–Crippen LogP) is 1.40. The Morgan fingerprint density at radius 2 is 1.95 bits per heavy atom. The van der Waals surface area contributed by atoms with Gasteiger partial charge in [-0.05, 0) is 30.5 Å². The highest BCUT2D eigenvalue weighted by Gasteiger charge is 2.31. The lowest BCUT2D eigenvalue weighted by molar-refractivity contribution is -0.151. The number of benzene rings is 1. The first-order valence-corrected chi connectivity index (χ1v) is 6.38. The van der Waals surface area contributed by atoms with Gasteiger partial charge in [-0.1, -0.05) is 12.1 Å². The number of amides is 1. The molecule has 1 amide bonds. The van der Waals surface area contributed by atoms with Crippen LogP contribution in [0.5, 0.6) is 5.75 Å². The van der Waals surface area contributed by atoms with E-state index in [0.29, 0.717) is 13.0 Å². The summed E-state index contributed by atoms with van der Waals surface area (Å²) < 4.78 is 0. The Hall–Kier alpha value is -2.04. The van der Waals surface area contributed by atoms with Crippen LogP contribution in [-0.2, 0) is 16.0 Å². The largest absolute Gasteiger partial charge is 0.508 e. The molecule has 1 aromatic rings. The summed E-state index contributed by atoms with van der Waals surface area (Å²) in [6, 6.07) is 5.58. The molecule has 1 aliphatic rings. The third kappa shape index (κ3) is 3.24. The van der Waals surface area contributed by atoms with Crippen LogP contribution in [0.3, 0.4) is 0 Å². The molecule has 0 aromatic heterocycles. The first-order chi connectivity index (χ1) is 9.08. The summed E-state index contributed by atoms with van der Waals surface area (Å²) >= 11 is 0. The van der Waals surface area contributed by atoms with Crippen molar-refractivity contribution in [1.82, 2.24) is 4.90 Å². The minimum Gasteiger partial charge on any atom is -0.508 e. The molecule has 1 atom stereocenters. The number of rotatable bonds is 4. The maximum Gasteiger partial charge on any atom is 0.326 e. The fourth-order valence-electron chi connectivity index (χ4n) is 2.34. The summed E-state index contributed by atoms with van der Waals surface area (Å²) in [6.07, 6.45) is 2.38. The molecule has 2 N–H and O–H groups in total. The van der Waals surface area contributed by atoms with Crippen molar-refractivity contribution in [2.45, 2.75) is 31.7 Å². The van der Waals surface area contributed by atoms with Gasteiger partial charge in [-0.3, -0.25) is 4.79 Å². The van der Waals surface area contributed by atoms with E-state index >= 15 is 0 Å². The van der Waals surface area contributed by atoms with Crippen molar-refractivity contribution in [3.05, 3.63) is 29.8 Å². The number of phenols is 1. The lowest BCUT2D eigenvalue weighted by Crippen LogP contribution is -2.48. The Kier molecular flexibility index (Phi) is 4.04. The van der Waals surface area contributed by atoms with Crippen molar-refractivity contribution in [2.75, 3.05) is 6.54 Å². The Bertz CT molecular complexity index is 469. The topological polar surface area (TPSA) is 77.8 Å². The molecule has 2 rings (SSSR count). The number of phenolic OH excluding ortho intramolecular Hbond substituents is 1. The van der Waals surface area contributed by atoms with Crippen molar-refractivity contribution in [1.29, 1.82) is 0 Å². The number of aromatic hydroxyl groups is 1. The first kappa shape index (κ1) is 13.4. The second-order valence-electron chi connectivity index (χ2n) is 4.77. The summed E-state index contributed by atoms with van der Waals surface area (Å²) in [7, 11) is 0. The quantitative estimate of drug-likeness (QED) is 0.860. The Labute approximate surface area is 111 Å². The van der Waals surface area contributed by atoms with E-state index in [4.69, 9.17) is 0 Å². The molecule has 0 radical (unpaired) electrons. The highest BCUT2D eigenvalue weighted by atomic mass is 16.4. The lowest BCUT2D eigenvalue weighted by Gasteiger charge is -2.32. The second-order valence-corrected chi connectivity index (χ2v) is 4.77. The predicted molar refractivity (Wildman–Crippen MR) is 68.8 cm³/mol. The maximum absolute atomic E-state index is 11.8. The highest BCUT2D eigenvalue weighted by molar-refractivity contribution is 5.84. The van der Waals surface area contributed by atoms with Gasteiger partial charge in [0.1, 0.15) is 11.8 Å². The summed E-state index contributed by atoms with van der Waals surface area (Å²) in [5, 5.41) is 18.5. The number of likely N-dealkylation sites (tertiary alicyclic amines) is 1. The number of carbonyl (C=O) groups excluding carboxylic acids is 1. The maximum atomic E-state index is 11.8. The van der Waals surface area contributed by atoms with Gasteiger partial charge in [0, 0.05) is 19.4 Å². The van der Waals surface area contributed by atoms with Gasteiger partial charge in [0.2, 0.25) is 5.91 Å². The molecule has 0 saturated carbocycles. The molecule has 1 heterocycles. The second kappa shape index (κ2) is 5.73. The molecule has 0 spiro atoms. The van der Waals surface area contributed by atoms with Crippen molar-refractivity contribution < 1.29 is 19.8 Å². The van der Waals surface area contributed by atoms with Crippen molar-refractivity contribution in [3.63, 3.8) is 0 Å². The van der Waals surface area contributed by atoms with Crippen LogP contribution < -0.4 is 0 Å². The van der Waals surface area contributed by atoms with Crippen LogP contribution in [0.2, 0.25) is 0 Å². The standard InChI is InChI=1S/C14H17NO4/c16-11-6-4-10(5-7-11)9-12(14(18)19)15-8-2-1-3-13(15)17/h4-7,12,16H,1-3,8-9H2,(H,18,19). The van der Waals surface area contributed by atoms with Gasteiger partial charge >= 0.3 is 5.97 Å². The van der Waals surface area contributed by atoms with E-state index in [0.717, 1.165) is 18.4 Å². The molecule has 5 heteroatoms. The van der Waals surface area contributed by atoms with Gasteiger partial charge in [-0.2, -0.15) is 0 Å². The number of piperidine rings is 1. The number of hydrogen-bond acceptors (Lipinski definition) is 3. The van der Waals surface area contributed by atoms with E-state index in [1.54, 1.807) is 12.1 Å². The number of carboxylic acids is 1. The molecule has 102 valence electrons. The monoisotopic (exact) mass is 263 g/mol. The Morgan fingerprint density at radius 1 is 1.26 bits per heavy atom. The third-order valence-corrected chi connectivity index (χ3v) is 3.39. The van der Waals surface area contributed by atoms with Gasteiger partial charge in [0.25, 0.3) is 0 Å². The summed E-state index contributed by atoms with van der Waals surface area (Å²) in [4.78, 5) is 24.6. The molecular formula is C14H17NO4. The molecule has 0 bridgehead atoms. The third-order valence-electron chi connectivity index (χ3n) is 3.39. The van der Waals surface area contributed by atoms with Crippen molar-refractivity contribution in [2.24, 2.45) is 0 Å². The number of hydrogen-bond donors (Lipinski definition) is 2. The van der Waals surface area contributed by atoms with Gasteiger partial charge in [0.15, 0.2) is 0 Å². The lowest BCUT2D eigenvalue weighted by atomic mass is 10.0. The molecule has 19 heavy (non-hydrogen) atoms. The minimum atomic E-state index is -0.983. The zero-order valence-electron chi connectivity index (χ0n) is 10.6. The number of nitrogens with zero attached hydrogens (tertiary/aromatic N) is 1. The van der Waals surface area contributed by atoms with Crippen LogP contribution in [-0.4, -0.2) is 39.6 Å². The SMILES string of the molecule is O=C(O)C(Cc1ccc(O)cc1)N1CCCCC1=O. The van der Waals surface area contributed by atoms with Crippen LogP contribution in [0.1, 0.15) is 24.8 Å². The fraction of sp³-hybridized carbons (Fsp3) is 0.429. The Balaban J connectivity index is 2.13. The fourth-order valence-corrected chi connectivity index (χ4v) is 2.34. The minimum absolute atomic E-state index is 0.0857. The number of carboxylic acid groups (broad SMARTS) is 1. The number of carbonyl (C=O) groups is 2. The first-order valence-electron chi connectivity index (χ1n) is 6.38. The molecule has 1 fully saturated rings. The van der Waals surface area contributed by atoms with E-state index in [1.807, 2.05) is 0 Å². The van der Waals surface area contributed by atoms with Gasteiger partial charge in [-0.15, -0.1) is 0 Å². The smallest absolute Gasteiger partial charge is 0.326 e. The van der Waals surface area contributed by atoms with Gasteiger partial charge in [-0.25, -0.2) is 4.79 Å². The van der Waals surface area contributed by atoms with Crippen LogP contribution in [0.4, 0.5) is 0 Å². The van der Waals surface area contributed by atoms with Crippen LogP contribution >= 0.6 is 0 Å². The zero-order valence-corrected chi connectivity index (χ0v) is 10.6. The van der Waals surface area contributed by atoms with E-state index < -0.39 is 12.0 Å². The number of aliphatic carboxylic acids is 1. The molecule has 1 saturated heterocycles. The molecule has 1 unspecified atom stereocenters. The summed E-state index contributed by atoms with van der Waals surface area (Å²) in [6.45, 7) is 0.508. The average Bonchev–Trinajstić information content (AvgIpc) is 2.39. The van der Waals surface area contributed by atoms with Crippen molar-refractivity contribution >= 4 is 11.9 Å². The van der Waals surface area contributed by atoms with Crippen LogP contribution in [0, 0.1) is 0 Å². The Morgan fingerprint density at radius 3 is 2.53 bits per heavy atom. The van der Waals surface area contributed by atoms with E-state index in [1.165, 1.54) is 17.0 Å². The molecule has 1 aromatic carbocycles. The van der Waals surface area contributed by atoms with E-state index in [2.05, 4.69) is 0 Å². The molecule has 5 nitrogen and oxygen atoms in total. The zero-order chi connectivity index (χ0) is 13.8. The van der Waals surface area contributed by atoms with Gasteiger partial charge in [0.05, 0.1) is 0 Å². The van der Waals surface area contributed by atoms with Crippen LogP contribution in [0.25, 0.3) is 0 Å². The summed E-state index contributed by atoms with van der Waals surface area (Å²) in [5.74, 6) is -0.926. The summed E-state index contributed by atoms with van der Waals surface area (Å²) in [5.41, 5.74) is 0.795. The van der Waals surface area contributed by atoms with Crippen LogP contribution in [0.15, 0.2) is 24.3 Å². The normalized spacial score (nSPS) is 17.3. The van der Waals surface area contributed by atoms with E-state index in [-0.39, 0.29) is 18.1 Å². The molecule has 0 aliphatic carbocycles. The van der Waals surface area contributed by atoms with Crippen molar-refractivity contribution in [3.8, 4) is 5.75 Å². The van der Waals surface area contributed by atoms with E-state index in [9.17, 15) is 19.8 Å². The molecular weight excluding hydrogens is 246 g/mol. The molecule has 1 aliphatic heterocycles. The highest BCUT2D eigenvalue weighted by Crippen LogP contribution is 2.18. The van der Waals surface area contributed by atoms with Gasteiger partial charge < -0.3 is 15.1 Å². The average molecular weight is 263 g/mol.